The number of carbonyl (C=O) groups is 1. The first-order chi connectivity index (χ1) is 17.0. The molecule has 0 spiro atoms. The van der Waals surface area contributed by atoms with Gasteiger partial charge in [0.25, 0.3) is 0 Å². The molecule has 0 fully saturated rings. The summed E-state index contributed by atoms with van der Waals surface area (Å²) in [5.41, 5.74) is 5.46. The molecule has 180 valence electrons. The van der Waals surface area contributed by atoms with Crippen molar-refractivity contribution in [3.63, 3.8) is 0 Å². The number of aryl methyl sites for hydroxylation is 1. The summed E-state index contributed by atoms with van der Waals surface area (Å²) in [6.45, 7) is 2.37. The SMILES string of the molecule is Cc1cc2c(cc1/C=C/C1NC(C(=O)O)Cc3cc(OCc4ccccc4)c(CO)cc31)OCO2. The van der Waals surface area contributed by atoms with Crippen molar-refractivity contribution in [3.8, 4) is 17.2 Å². The van der Waals surface area contributed by atoms with Gasteiger partial charge in [0.2, 0.25) is 6.79 Å². The monoisotopic (exact) mass is 473 g/mol. The molecule has 7 heteroatoms. The van der Waals surface area contributed by atoms with Crippen molar-refractivity contribution in [2.75, 3.05) is 6.79 Å². The van der Waals surface area contributed by atoms with E-state index in [1.165, 1.54) is 0 Å². The maximum Gasteiger partial charge on any atom is 0.321 e. The Bertz CT molecular complexity index is 1270. The fraction of sp³-hybridized carbons (Fsp3) is 0.250. The fourth-order valence-electron chi connectivity index (χ4n) is 4.49. The number of hydrogen-bond donors (Lipinski definition) is 3. The third kappa shape index (κ3) is 4.87. The molecule has 3 aromatic rings. The number of fused-ring (bicyclic) bond motifs is 2. The zero-order chi connectivity index (χ0) is 24.4. The molecule has 3 aromatic carbocycles. The van der Waals surface area contributed by atoms with Gasteiger partial charge in [-0.15, -0.1) is 0 Å². The highest BCUT2D eigenvalue weighted by Gasteiger charge is 2.30. The van der Waals surface area contributed by atoms with Crippen LogP contribution in [0.5, 0.6) is 17.2 Å². The van der Waals surface area contributed by atoms with Crippen LogP contribution in [0.4, 0.5) is 0 Å². The predicted molar refractivity (Wildman–Crippen MR) is 130 cm³/mol. The van der Waals surface area contributed by atoms with Gasteiger partial charge in [0.1, 0.15) is 18.4 Å². The van der Waals surface area contributed by atoms with Crippen LogP contribution in [-0.2, 0) is 24.4 Å². The maximum absolute atomic E-state index is 11.9. The van der Waals surface area contributed by atoms with Gasteiger partial charge in [0.05, 0.1) is 12.6 Å². The van der Waals surface area contributed by atoms with E-state index in [1.54, 1.807) is 0 Å². The topological polar surface area (TPSA) is 97.3 Å². The van der Waals surface area contributed by atoms with Crippen molar-refractivity contribution in [1.29, 1.82) is 0 Å². The normalized spacial score (nSPS) is 18.5. The highest BCUT2D eigenvalue weighted by Crippen LogP contribution is 2.37. The van der Waals surface area contributed by atoms with Gasteiger partial charge in [-0.2, -0.15) is 0 Å². The molecule has 3 N–H and O–H groups in total. The Morgan fingerprint density at radius 1 is 1.14 bits per heavy atom. The highest BCUT2D eigenvalue weighted by atomic mass is 16.7. The quantitative estimate of drug-likeness (QED) is 0.474. The number of hydrogen-bond acceptors (Lipinski definition) is 6. The minimum absolute atomic E-state index is 0.183. The third-order valence-electron chi connectivity index (χ3n) is 6.40. The van der Waals surface area contributed by atoms with Gasteiger partial charge in [-0.3, -0.25) is 10.1 Å². The van der Waals surface area contributed by atoms with Crippen LogP contribution >= 0.6 is 0 Å². The van der Waals surface area contributed by atoms with Gasteiger partial charge >= 0.3 is 5.97 Å². The lowest BCUT2D eigenvalue weighted by atomic mass is 9.87. The van der Waals surface area contributed by atoms with Gasteiger partial charge in [0.15, 0.2) is 11.5 Å². The lowest BCUT2D eigenvalue weighted by Gasteiger charge is -2.30. The molecule has 0 saturated carbocycles. The Labute approximate surface area is 203 Å². The molecule has 0 saturated heterocycles. The van der Waals surface area contributed by atoms with Crippen LogP contribution in [0.3, 0.4) is 0 Å². The summed E-state index contributed by atoms with van der Waals surface area (Å²) in [7, 11) is 0. The number of carboxylic acids is 1. The molecule has 7 nitrogen and oxygen atoms in total. The van der Waals surface area contributed by atoms with Gasteiger partial charge in [0, 0.05) is 5.56 Å². The Balaban J connectivity index is 1.46. The minimum Gasteiger partial charge on any atom is -0.489 e. The summed E-state index contributed by atoms with van der Waals surface area (Å²) in [6.07, 6.45) is 4.23. The molecule has 2 aliphatic heterocycles. The van der Waals surface area contributed by atoms with Crippen molar-refractivity contribution in [2.45, 2.75) is 38.6 Å². The molecule has 0 bridgehead atoms. The molecule has 2 atom stereocenters. The van der Waals surface area contributed by atoms with Crippen molar-refractivity contribution in [1.82, 2.24) is 5.32 Å². The van der Waals surface area contributed by atoms with Crippen molar-refractivity contribution in [3.05, 3.63) is 94.1 Å². The number of aliphatic hydroxyl groups excluding tert-OH is 1. The van der Waals surface area contributed by atoms with Crippen LogP contribution in [0.25, 0.3) is 6.08 Å². The minimum atomic E-state index is -0.911. The molecule has 2 unspecified atom stereocenters. The van der Waals surface area contributed by atoms with Crippen LogP contribution in [0.2, 0.25) is 0 Å². The zero-order valence-corrected chi connectivity index (χ0v) is 19.4. The number of aliphatic carboxylic acids is 1. The molecular formula is C28H27NO6. The maximum atomic E-state index is 11.9. The third-order valence-corrected chi connectivity index (χ3v) is 6.40. The van der Waals surface area contributed by atoms with E-state index < -0.39 is 12.0 Å². The van der Waals surface area contributed by atoms with E-state index in [4.69, 9.17) is 14.2 Å². The average molecular weight is 474 g/mol. The van der Waals surface area contributed by atoms with Crippen molar-refractivity contribution in [2.24, 2.45) is 0 Å². The zero-order valence-electron chi connectivity index (χ0n) is 19.4. The average Bonchev–Trinajstić information content (AvgIpc) is 3.32. The van der Waals surface area contributed by atoms with Gasteiger partial charge in [-0.25, -0.2) is 0 Å². The summed E-state index contributed by atoms with van der Waals surface area (Å²) in [5.74, 6) is 1.07. The van der Waals surface area contributed by atoms with E-state index in [0.29, 0.717) is 30.1 Å². The second-order valence-electron chi connectivity index (χ2n) is 8.75. The van der Waals surface area contributed by atoms with E-state index in [-0.39, 0.29) is 19.4 Å². The highest BCUT2D eigenvalue weighted by molar-refractivity contribution is 5.75. The first-order valence-corrected chi connectivity index (χ1v) is 11.5. The number of carboxylic acid groups (broad SMARTS) is 1. The van der Waals surface area contributed by atoms with Crippen LogP contribution in [0.1, 0.15) is 39.4 Å². The number of benzene rings is 3. The molecule has 2 heterocycles. The summed E-state index contributed by atoms with van der Waals surface area (Å²) in [6, 6.07) is 16.3. The Kier molecular flexibility index (Phi) is 6.44. The van der Waals surface area contributed by atoms with E-state index in [0.717, 1.165) is 33.6 Å². The van der Waals surface area contributed by atoms with E-state index in [9.17, 15) is 15.0 Å². The van der Waals surface area contributed by atoms with E-state index in [2.05, 4.69) is 5.32 Å². The van der Waals surface area contributed by atoms with Crippen LogP contribution in [0.15, 0.2) is 60.7 Å². The molecular weight excluding hydrogens is 446 g/mol. The van der Waals surface area contributed by atoms with E-state index in [1.807, 2.05) is 73.7 Å². The second kappa shape index (κ2) is 9.82. The largest absolute Gasteiger partial charge is 0.489 e. The lowest BCUT2D eigenvalue weighted by Crippen LogP contribution is -2.44. The Hall–Kier alpha value is -3.81. The summed E-state index contributed by atoms with van der Waals surface area (Å²) in [5, 5.41) is 23.0. The smallest absolute Gasteiger partial charge is 0.321 e. The number of ether oxygens (including phenoxy) is 3. The predicted octanol–water partition coefficient (Wildman–Crippen LogP) is 4.15. The van der Waals surface area contributed by atoms with Crippen molar-refractivity contribution >= 4 is 12.0 Å². The Morgan fingerprint density at radius 3 is 2.66 bits per heavy atom. The number of rotatable bonds is 7. The second-order valence-corrected chi connectivity index (χ2v) is 8.75. The summed E-state index contributed by atoms with van der Waals surface area (Å²) >= 11 is 0. The van der Waals surface area contributed by atoms with Gasteiger partial charge in [-0.1, -0.05) is 42.5 Å². The van der Waals surface area contributed by atoms with Crippen LogP contribution in [0, 0.1) is 6.92 Å². The molecule has 5 rings (SSSR count). The first-order valence-electron chi connectivity index (χ1n) is 11.5. The fourth-order valence-corrected chi connectivity index (χ4v) is 4.49. The summed E-state index contributed by atoms with van der Waals surface area (Å²) < 4.78 is 17.0. The van der Waals surface area contributed by atoms with E-state index >= 15 is 0 Å². The van der Waals surface area contributed by atoms with Crippen LogP contribution in [-0.4, -0.2) is 29.0 Å². The standard InChI is InChI=1S/C28H27NO6/c1-17-9-26-27(35-16-34-26)12-19(17)7-8-23-22-10-21(14-30)25(33-15-18-5-3-2-4-6-18)13-20(22)11-24(29-23)28(31)32/h2-10,12-13,23-24,29-30H,11,14-16H2,1H3,(H,31,32)/b8-7+. The first kappa shape index (κ1) is 23.0. The molecule has 0 radical (unpaired) electrons. The molecule has 2 aliphatic rings. The van der Waals surface area contributed by atoms with Gasteiger partial charge < -0.3 is 24.4 Å². The molecule has 35 heavy (non-hydrogen) atoms. The van der Waals surface area contributed by atoms with Crippen molar-refractivity contribution < 1.29 is 29.2 Å². The van der Waals surface area contributed by atoms with Gasteiger partial charge in [-0.05, 0) is 65.4 Å². The lowest BCUT2D eigenvalue weighted by molar-refractivity contribution is -0.139. The molecule has 0 amide bonds. The molecule has 0 aliphatic carbocycles. The summed E-state index contributed by atoms with van der Waals surface area (Å²) in [4.78, 5) is 11.9. The Morgan fingerprint density at radius 2 is 1.91 bits per heavy atom. The number of nitrogens with one attached hydrogen (secondary N) is 1. The van der Waals surface area contributed by atoms with Crippen LogP contribution < -0.4 is 19.5 Å². The number of aliphatic hydroxyl groups is 1. The molecule has 0 aromatic heterocycles.